The monoisotopic (exact) mass is 310 g/mol. The van der Waals surface area contributed by atoms with E-state index in [0.717, 1.165) is 16.6 Å². The van der Waals surface area contributed by atoms with Gasteiger partial charge >= 0.3 is 0 Å². The summed E-state index contributed by atoms with van der Waals surface area (Å²) < 4.78 is 0. The minimum Gasteiger partial charge on any atom is -0.347 e. The summed E-state index contributed by atoms with van der Waals surface area (Å²) in [4.78, 5) is 20.4. The van der Waals surface area contributed by atoms with Crippen LogP contribution in [0.4, 0.5) is 0 Å². The van der Waals surface area contributed by atoms with E-state index in [9.17, 15) is 4.79 Å². The zero-order valence-corrected chi connectivity index (χ0v) is 12.7. The smallest absolute Gasteiger partial charge is 0.237 e. The van der Waals surface area contributed by atoms with E-state index in [2.05, 4.69) is 25.5 Å². The van der Waals surface area contributed by atoms with Crippen LogP contribution in [0.5, 0.6) is 0 Å². The summed E-state index contributed by atoms with van der Waals surface area (Å²) in [6.45, 7) is 1.85. The molecule has 2 aromatic heterocycles. The van der Waals surface area contributed by atoms with Crippen molar-refractivity contribution < 1.29 is 4.79 Å². The number of benzene rings is 1. The van der Waals surface area contributed by atoms with Crippen LogP contribution in [0, 0.1) is 0 Å². The fourth-order valence-corrected chi connectivity index (χ4v) is 2.41. The van der Waals surface area contributed by atoms with Crippen molar-refractivity contribution in [3.63, 3.8) is 0 Å². The van der Waals surface area contributed by atoms with Gasteiger partial charge < -0.3 is 11.1 Å². The molecule has 0 spiro atoms. The molecule has 0 aliphatic heterocycles. The molecule has 0 fully saturated rings. The van der Waals surface area contributed by atoms with Crippen LogP contribution in [-0.2, 0) is 11.2 Å². The number of hydrogen-bond donors (Lipinski definition) is 3. The molecule has 3 rings (SSSR count). The Balaban J connectivity index is 1.66. The number of hydrogen-bond acceptors (Lipinski definition) is 5. The molecule has 2 atom stereocenters. The van der Waals surface area contributed by atoms with Crippen LogP contribution >= 0.6 is 0 Å². The highest BCUT2D eigenvalue weighted by atomic mass is 16.2. The van der Waals surface area contributed by atoms with Gasteiger partial charge in [0.15, 0.2) is 0 Å². The molecule has 118 valence electrons. The molecule has 0 aliphatic rings. The molecule has 0 saturated heterocycles. The average Bonchev–Trinajstić information content (AvgIpc) is 2.98. The highest BCUT2D eigenvalue weighted by Gasteiger charge is 2.19. The maximum Gasteiger partial charge on any atom is 0.237 e. The van der Waals surface area contributed by atoms with E-state index in [-0.39, 0.29) is 11.9 Å². The zero-order valence-electron chi connectivity index (χ0n) is 12.7. The Kier molecular flexibility index (Phi) is 4.29. The molecule has 1 amide bonds. The van der Waals surface area contributed by atoms with Crippen LogP contribution in [0.1, 0.15) is 24.4 Å². The number of nitrogens with zero attached hydrogens (tertiary/aromatic N) is 3. The van der Waals surface area contributed by atoms with Crippen LogP contribution in [0.25, 0.3) is 10.9 Å². The van der Waals surface area contributed by atoms with Crippen molar-refractivity contribution in [3.05, 3.63) is 54.2 Å². The molecule has 3 aromatic rings. The van der Waals surface area contributed by atoms with Crippen LogP contribution in [-0.4, -0.2) is 32.1 Å². The molecule has 0 saturated carbocycles. The maximum absolute atomic E-state index is 12.3. The molecule has 0 radical (unpaired) electrons. The summed E-state index contributed by atoms with van der Waals surface area (Å²) in [5, 5.41) is 11.0. The van der Waals surface area contributed by atoms with Crippen molar-refractivity contribution in [2.75, 3.05) is 0 Å². The van der Waals surface area contributed by atoms with Crippen molar-refractivity contribution in [2.24, 2.45) is 5.73 Å². The van der Waals surface area contributed by atoms with Gasteiger partial charge in [0, 0.05) is 29.9 Å². The molecule has 0 aliphatic carbocycles. The van der Waals surface area contributed by atoms with E-state index < -0.39 is 6.04 Å². The standard InChI is InChI=1S/C16H18N6O/c1-10(15-9-18-6-7-19-15)20-16(23)12(17)8-14-11-4-2-3-5-13(11)21-22-14/h2-7,9-10,12H,8,17H2,1H3,(H,20,23)(H,21,22). The number of nitrogens with two attached hydrogens (primary N) is 1. The molecular weight excluding hydrogens is 292 g/mol. The van der Waals surface area contributed by atoms with Crippen molar-refractivity contribution in [1.82, 2.24) is 25.5 Å². The average molecular weight is 310 g/mol. The van der Waals surface area contributed by atoms with Gasteiger partial charge in [-0.25, -0.2) is 0 Å². The molecule has 2 unspecified atom stereocenters. The second kappa shape index (κ2) is 6.53. The lowest BCUT2D eigenvalue weighted by atomic mass is 10.1. The molecule has 23 heavy (non-hydrogen) atoms. The number of carbonyl (C=O) groups excluding carboxylic acids is 1. The van der Waals surface area contributed by atoms with E-state index in [4.69, 9.17) is 5.73 Å². The van der Waals surface area contributed by atoms with Gasteiger partial charge in [-0.15, -0.1) is 0 Å². The normalized spacial score (nSPS) is 13.7. The molecule has 7 heteroatoms. The van der Waals surface area contributed by atoms with E-state index in [1.54, 1.807) is 18.6 Å². The van der Waals surface area contributed by atoms with Gasteiger partial charge in [0.1, 0.15) is 0 Å². The topological polar surface area (TPSA) is 110 Å². The van der Waals surface area contributed by atoms with Gasteiger partial charge in [0.05, 0.1) is 29.5 Å². The van der Waals surface area contributed by atoms with E-state index in [1.807, 2.05) is 31.2 Å². The van der Waals surface area contributed by atoms with Crippen molar-refractivity contribution in [3.8, 4) is 0 Å². The van der Waals surface area contributed by atoms with Gasteiger partial charge in [-0.2, -0.15) is 5.10 Å². The predicted molar refractivity (Wildman–Crippen MR) is 86.4 cm³/mol. The minimum atomic E-state index is -0.669. The maximum atomic E-state index is 12.3. The summed E-state index contributed by atoms with van der Waals surface area (Å²) in [6, 6.07) is 6.81. The summed E-state index contributed by atoms with van der Waals surface area (Å²) in [5.41, 5.74) is 8.45. The number of fused-ring (bicyclic) bond motifs is 1. The summed E-state index contributed by atoms with van der Waals surface area (Å²) >= 11 is 0. The third kappa shape index (κ3) is 3.35. The minimum absolute atomic E-state index is 0.234. The Morgan fingerprint density at radius 2 is 2.17 bits per heavy atom. The molecule has 0 bridgehead atoms. The third-order valence-corrected chi connectivity index (χ3v) is 3.69. The number of H-pyrrole nitrogens is 1. The molecule has 7 nitrogen and oxygen atoms in total. The summed E-state index contributed by atoms with van der Waals surface area (Å²) in [7, 11) is 0. The number of carbonyl (C=O) groups is 1. The first-order valence-corrected chi connectivity index (χ1v) is 7.39. The Hall–Kier alpha value is -2.80. The number of aromatic amines is 1. The molecule has 1 aromatic carbocycles. The van der Waals surface area contributed by atoms with Crippen LogP contribution in [0.3, 0.4) is 0 Å². The number of nitrogens with one attached hydrogen (secondary N) is 2. The van der Waals surface area contributed by atoms with Crippen LogP contribution in [0.2, 0.25) is 0 Å². The van der Waals surface area contributed by atoms with Gasteiger partial charge in [0.25, 0.3) is 0 Å². The van der Waals surface area contributed by atoms with Crippen molar-refractivity contribution in [2.45, 2.75) is 25.4 Å². The van der Waals surface area contributed by atoms with Gasteiger partial charge in [-0.05, 0) is 13.0 Å². The highest BCUT2D eigenvalue weighted by molar-refractivity contribution is 5.85. The summed E-state index contributed by atoms with van der Waals surface area (Å²) in [6.07, 6.45) is 5.19. The Morgan fingerprint density at radius 1 is 1.35 bits per heavy atom. The number of para-hydroxylation sites is 1. The molecular formula is C16H18N6O. The lowest BCUT2D eigenvalue weighted by Gasteiger charge is -2.16. The zero-order chi connectivity index (χ0) is 16.2. The highest BCUT2D eigenvalue weighted by Crippen LogP contribution is 2.16. The number of amides is 1. The van der Waals surface area contributed by atoms with Crippen LogP contribution < -0.4 is 11.1 Å². The fourth-order valence-electron chi connectivity index (χ4n) is 2.41. The quantitative estimate of drug-likeness (QED) is 0.653. The van der Waals surface area contributed by atoms with E-state index in [1.165, 1.54) is 0 Å². The third-order valence-electron chi connectivity index (χ3n) is 3.69. The van der Waals surface area contributed by atoms with Gasteiger partial charge in [-0.1, -0.05) is 18.2 Å². The Bertz CT molecular complexity index is 800. The second-order valence-electron chi connectivity index (χ2n) is 5.39. The molecule has 4 N–H and O–H groups in total. The van der Waals surface area contributed by atoms with Crippen molar-refractivity contribution >= 4 is 16.8 Å². The first-order chi connectivity index (χ1) is 11.1. The lowest BCUT2D eigenvalue weighted by Crippen LogP contribution is -2.43. The lowest BCUT2D eigenvalue weighted by molar-refractivity contribution is -0.123. The molecule has 2 heterocycles. The van der Waals surface area contributed by atoms with Crippen molar-refractivity contribution in [1.29, 1.82) is 0 Å². The van der Waals surface area contributed by atoms with E-state index >= 15 is 0 Å². The summed E-state index contributed by atoms with van der Waals surface area (Å²) in [5.74, 6) is -0.234. The fraction of sp³-hybridized carbons (Fsp3) is 0.250. The number of aromatic nitrogens is 4. The SMILES string of the molecule is CC(NC(=O)C(N)Cc1[nH]nc2ccccc12)c1cnccn1. The predicted octanol–water partition coefficient (Wildman–Crippen LogP) is 1.10. The first-order valence-electron chi connectivity index (χ1n) is 7.39. The van der Waals surface area contributed by atoms with E-state index in [0.29, 0.717) is 12.1 Å². The van der Waals surface area contributed by atoms with Gasteiger partial charge in [0.2, 0.25) is 5.91 Å². The number of rotatable bonds is 5. The Morgan fingerprint density at radius 3 is 2.96 bits per heavy atom. The van der Waals surface area contributed by atoms with Gasteiger partial charge in [-0.3, -0.25) is 19.9 Å². The first kappa shape index (κ1) is 15.1. The largest absolute Gasteiger partial charge is 0.347 e. The van der Waals surface area contributed by atoms with Crippen LogP contribution in [0.15, 0.2) is 42.9 Å². The Labute approximate surface area is 133 Å². The second-order valence-corrected chi connectivity index (χ2v) is 5.39.